The summed E-state index contributed by atoms with van der Waals surface area (Å²) in [6.07, 6.45) is 3.20. The molecule has 0 bridgehead atoms. The number of amides is 1. The van der Waals surface area contributed by atoms with Gasteiger partial charge in [0.1, 0.15) is 10.6 Å². The number of rotatable bonds is 7. The number of hydrogen-bond donors (Lipinski definition) is 1. The molecule has 0 radical (unpaired) electrons. The van der Waals surface area contributed by atoms with Gasteiger partial charge in [-0.15, -0.1) is 17.9 Å². The van der Waals surface area contributed by atoms with E-state index in [0.717, 1.165) is 0 Å². The van der Waals surface area contributed by atoms with Crippen molar-refractivity contribution in [2.75, 3.05) is 11.1 Å². The van der Waals surface area contributed by atoms with E-state index in [-0.39, 0.29) is 23.8 Å². The number of halogens is 1. The van der Waals surface area contributed by atoms with Crippen molar-refractivity contribution >= 4 is 56.5 Å². The molecule has 0 aliphatic heterocycles. The number of nitrogens with zero attached hydrogens (tertiary/aromatic N) is 2. The molecule has 1 amide bonds. The second kappa shape index (κ2) is 8.91. The van der Waals surface area contributed by atoms with Crippen molar-refractivity contribution in [1.82, 2.24) is 9.55 Å². The third-order valence-corrected chi connectivity index (χ3v) is 6.32. The second-order valence-electron chi connectivity index (χ2n) is 6.25. The van der Waals surface area contributed by atoms with Crippen molar-refractivity contribution in [2.45, 2.75) is 11.7 Å². The molecule has 4 rings (SSSR count). The predicted molar refractivity (Wildman–Crippen MR) is 123 cm³/mol. The van der Waals surface area contributed by atoms with E-state index in [1.807, 2.05) is 11.4 Å². The average molecular weight is 458 g/mol. The predicted octanol–water partition coefficient (Wildman–Crippen LogP) is 5.29. The molecule has 0 unspecified atom stereocenters. The van der Waals surface area contributed by atoms with E-state index in [1.165, 1.54) is 27.7 Å². The topological polar surface area (TPSA) is 77.1 Å². The minimum absolute atomic E-state index is 0.105. The Balaban J connectivity index is 1.61. The summed E-state index contributed by atoms with van der Waals surface area (Å²) in [4.78, 5) is 30.8. The van der Waals surface area contributed by atoms with Gasteiger partial charge in [-0.1, -0.05) is 29.4 Å². The molecular formula is C21H16ClN3O3S2. The number of carbonyl (C=O) groups excluding carboxylic acids is 1. The maximum absolute atomic E-state index is 13.2. The summed E-state index contributed by atoms with van der Waals surface area (Å²) in [5.41, 5.74) is 1.18. The van der Waals surface area contributed by atoms with Gasteiger partial charge in [-0.2, -0.15) is 0 Å². The molecule has 3 aromatic heterocycles. The van der Waals surface area contributed by atoms with E-state index in [0.29, 0.717) is 37.4 Å². The van der Waals surface area contributed by atoms with Crippen LogP contribution in [0.15, 0.2) is 75.1 Å². The lowest BCUT2D eigenvalue weighted by Gasteiger charge is -2.10. The minimum atomic E-state index is -0.204. The van der Waals surface area contributed by atoms with Crippen LogP contribution in [-0.2, 0) is 11.3 Å². The largest absolute Gasteiger partial charge is 0.464 e. The second-order valence-corrected chi connectivity index (χ2v) is 8.49. The van der Waals surface area contributed by atoms with Crippen molar-refractivity contribution < 1.29 is 9.21 Å². The first-order chi connectivity index (χ1) is 14.6. The van der Waals surface area contributed by atoms with Crippen LogP contribution in [0.1, 0.15) is 0 Å². The number of carbonyl (C=O) groups is 1. The number of allylic oxidation sites excluding steroid dienone is 1. The maximum Gasteiger partial charge on any atom is 0.263 e. The number of fused-ring (bicyclic) bond motifs is 1. The number of anilines is 1. The molecule has 4 aromatic rings. The van der Waals surface area contributed by atoms with Crippen LogP contribution in [0.2, 0.25) is 5.02 Å². The van der Waals surface area contributed by atoms with Crippen molar-refractivity contribution in [3.63, 3.8) is 0 Å². The van der Waals surface area contributed by atoms with E-state index in [4.69, 9.17) is 16.0 Å². The molecule has 0 aliphatic rings. The molecule has 6 nitrogen and oxygen atoms in total. The number of thioether (sulfide) groups is 1. The van der Waals surface area contributed by atoms with Gasteiger partial charge in [-0.3, -0.25) is 14.2 Å². The van der Waals surface area contributed by atoms with Crippen molar-refractivity contribution in [2.24, 2.45) is 0 Å². The third kappa shape index (κ3) is 4.21. The lowest BCUT2D eigenvalue weighted by Crippen LogP contribution is -2.23. The number of benzene rings is 1. The van der Waals surface area contributed by atoms with Crippen molar-refractivity contribution in [3.8, 4) is 11.3 Å². The highest BCUT2D eigenvalue weighted by molar-refractivity contribution is 7.99. The fraction of sp³-hybridized carbons (Fsp3) is 0.0952. The quantitative estimate of drug-likeness (QED) is 0.232. The zero-order chi connectivity index (χ0) is 21.1. The summed E-state index contributed by atoms with van der Waals surface area (Å²) in [5.74, 6) is 0.519. The molecule has 0 spiro atoms. The van der Waals surface area contributed by atoms with Crippen LogP contribution in [0.3, 0.4) is 0 Å². The number of hydrogen-bond acceptors (Lipinski definition) is 6. The fourth-order valence-corrected chi connectivity index (χ4v) is 4.78. The molecule has 0 aliphatic carbocycles. The van der Waals surface area contributed by atoms with E-state index < -0.39 is 0 Å². The summed E-state index contributed by atoms with van der Waals surface area (Å²) in [7, 11) is 0. The monoisotopic (exact) mass is 457 g/mol. The zero-order valence-electron chi connectivity index (χ0n) is 15.6. The van der Waals surface area contributed by atoms with Crippen LogP contribution < -0.4 is 10.9 Å². The van der Waals surface area contributed by atoms with Gasteiger partial charge < -0.3 is 9.73 Å². The first-order valence-electron chi connectivity index (χ1n) is 8.92. The van der Waals surface area contributed by atoms with Gasteiger partial charge in [0.2, 0.25) is 5.91 Å². The van der Waals surface area contributed by atoms with E-state index >= 15 is 0 Å². The van der Waals surface area contributed by atoms with E-state index in [9.17, 15) is 9.59 Å². The lowest BCUT2D eigenvalue weighted by molar-refractivity contribution is -0.113. The molecule has 1 N–H and O–H groups in total. The molecule has 3 heterocycles. The van der Waals surface area contributed by atoms with Crippen LogP contribution in [0.25, 0.3) is 21.5 Å². The highest BCUT2D eigenvalue weighted by Crippen LogP contribution is 2.32. The van der Waals surface area contributed by atoms with Crippen LogP contribution in [0.4, 0.5) is 5.69 Å². The normalized spacial score (nSPS) is 11.0. The Kier molecular flexibility index (Phi) is 6.08. The molecule has 30 heavy (non-hydrogen) atoms. The number of aromatic nitrogens is 2. The Morgan fingerprint density at radius 3 is 2.83 bits per heavy atom. The summed E-state index contributed by atoms with van der Waals surface area (Å²) < 4.78 is 6.98. The van der Waals surface area contributed by atoms with Gasteiger partial charge in [0.15, 0.2) is 5.16 Å². The standard InChI is InChI=1S/C21H16ClN3O3S2/c1-2-9-25-20(27)18-15(16-4-3-10-28-16)11-29-19(18)24-21(25)30-12-17(26)23-14-7-5-13(22)6-8-14/h2-8,10-11H,1,9,12H2,(H,23,26). The Hall–Kier alpha value is -2.81. The van der Waals surface area contributed by atoms with E-state index in [1.54, 1.807) is 42.7 Å². The van der Waals surface area contributed by atoms with E-state index in [2.05, 4.69) is 16.9 Å². The Morgan fingerprint density at radius 2 is 2.13 bits per heavy atom. The first kappa shape index (κ1) is 20.5. The Bertz CT molecular complexity index is 1260. The summed E-state index contributed by atoms with van der Waals surface area (Å²) in [6, 6.07) is 10.4. The van der Waals surface area contributed by atoms with Crippen LogP contribution in [-0.4, -0.2) is 21.2 Å². The molecule has 0 saturated heterocycles. The Morgan fingerprint density at radius 1 is 1.33 bits per heavy atom. The van der Waals surface area contributed by atoms with Crippen LogP contribution >= 0.6 is 34.7 Å². The maximum atomic E-state index is 13.2. The Labute approximate surface area is 185 Å². The van der Waals surface area contributed by atoms with Crippen molar-refractivity contribution in [1.29, 1.82) is 0 Å². The first-order valence-corrected chi connectivity index (χ1v) is 11.2. The smallest absolute Gasteiger partial charge is 0.263 e. The van der Waals surface area contributed by atoms with Gasteiger partial charge in [0.25, 0.3) is 5.56 Å². The van der Waals surface area contributed by atoms with Gasteiger partial charge in [-0.05, 0) is 36.4 Å². The summed E-state index contributed by atoms with van der Waals surface area (Å²) in [5, 5.41) is 6.23. The number of nitrogens with one attached hydrogen (secondary N) is 1. The average Bonchev–Trinajstić information content (AvgIpc) is 3.40. The summed E-state index contributed by atoms with van der Waals surface area (Å²) >= 11 is 8.43. The van der Waals surface area contributed by atoms with Gasteiger partial charge >= 0.3 is 0 Å². The highest BCUT2D eigenvalue weighted by Gasteiger charge is 2.18. The molecule has 0 saturated carbocycles. The molecule has 152 valence electrons. The highest BCUT2D eigenvalue weighted by atomic mass is 35.5. The number of furan rings is 1. The van der Waals surface area contributed by atoms with Gasteiger partial charge in [-0.25, -0.2) is 4.98 Å². The molecule has 1 aromatic carbocycles. The van der Waals surface area contributed by atoms with Crippen LogP contribution in [0.5, 0.6) is 0 Å². The number of thiophene rings is 1. The molecular weight excluding hydrogens is 442 g/mol. The minimum Gasteiger partial charge on any atom is -0.464 e. The third-order valence-electron chi connectivity index (χ3n) is 4.22. The van der Waals surface area contributed by atoms with Gasteiger partial charge in [0.05, 0.1) is 17.4 Å². The fourth-order valence-electron chi connectivity index (χ4n) is 2.88. The van der Waals surface area contributed by atoms with Crippen LogP contribution in [0, 0.1) is 0 Å². The van der Waals surface area contributed by atoms with Crippen molar-refractivity contribution in [3.05, 3.63) is 76.1 Å². The SMILES string of the molecule is C=CCn1c(SCC(=O)Nc2ccc(Cl)cc2)nc2scc(-c3ccco3)c2c1=O. The summed E-state index contributed by atoms with van der Waals surface area (Å²) in [6.45, 7) is 4.02. The molecule has 0 atom stereocenters. The lowest BCUT2D eigenvalue weighted by atomic mass is 10.2. The molecule has 9 heteroatoms. The zero-order valence-corrected chi connectivity index (χ0v) is 18.0. The van der Waals surface area contributed by atoms with Gasteiger partial charge in [0, 0.05) is 28.2 Å². The molecule has 0 fully saturated rings.